The van der Waals surface area contributed by atoms with Gasteiger partial charge in [-0.1, -0.05) is 18.2 Å². The van der Waals surface area contributed by atoms with Gasteiger partial charge in [0.25, 0.3) is 10.0 Å². The lowest BCUT2D eigenvalue weighted by atomic mass is 10.1. The van der Waals surface area contributed by atoms with E-state index in [9.17, 15) is 13.2 Å². The number of carbonyl (C=O) groups excluding carboxylic acids is 1. The van der Waals surface area contributed by atoms with Crippen LogP contribution in [-0.4, -0.2) is 48.4 Å². The number of nitrogens with zero attached hydrogens (tertiary/aromatic N) is 2. The van der Waals surface area contributed by atoms with Crippen LogP contribution in [0.2, 0.25) is 0 Å². The van der Waals surface area contributed by atoms with E-state index in [0.29, 0.717) is 31.7 Å². The lowest BCUT2D eigenvalue weighted by Gasteiger charge is -2.24. The van der Waals surface area contributed by atoms with Gasteiger partial charge in [-0.05, 0) is 37.6 Å². The lowest BCUT2D eigenvalue weighted by Crippen LogP contribution is -2.43. The fourth-order valence-corrected chi connectivity index (χ4v) is 4.74. The van der Waals surface area contributed by atoms with Gasteiger partial charge in [-0.15, -0.1) is 0 Å². The van der Waals surface area contributed by atoms with Gasteiger partial charge in [0.05, 0.1) is 10.9 Å². The van der Waals surface area contributed by atoms with Crippen molar-refractivity contribution in [2.75, 3.05) is 13.1 Å². The number of aromatic nitrogens is 1. The van der Waals surface area contributed by atoms with Gasteiger partial charge in [-0.2, -0.15) is 0 Å². The number of amides is 1. The first kappa shape index (κ1) is 18.6. The van der Waals surface area contributed by atoms with Crippen LogP contribution < -0.4 is 11.1 Å². The van der Waals surface area contributed by atoms with Gasteiger partial charge >= 0.3 is 0 Å². The number of nitrogens with two attached hydrogens (primary N) is 1. The number of hydrogen-bond donors (Lipinski definition) is 2. The second-order valence-electron chi connectivity index (χ2n) is 6.45. The molecule has 7 nitrogen and oxygen atoms in total. The Hall–Kier alpha value is -2.16. The van der Waals surface area contributed by atoms with E-state index in [-0.39, 0.29) is 22.9 Å². The van der Waals surface area contributed by atoms with Gasteiger partial charge in [0, 0.05) is 37.6 Å². The Morgan fingerprint density at radius 3 is 2.65 bits per heavy atom. The Labute approximate surface area is 153 Å². The molecule has 1 fully saturated rings. The predicted molar refractivity (Wildman–Crippen MR) is 98.9 cm³/mol. The molecule has 1 amide bonds. The predicted octanol–water partition coefficient (Wildman–Crippen LogP) is 0.763. The summed E-state index contributed by atoms with van der Waals surface area (Å²) in [6.45, 7) is 3.32. The van der Waals surface area contributed by atoms with E-state index in [4.69, 9.17) is 5.73 Å². The summed E-state index contributed by atoms with van der Waals surface area (Å²) in [4.78, 5) is 14.5. The Balaban J connectivity index is 1.86. The van der Waals surface area contributed by atoms with Crippen molar-refractivity contribution < 1.29 is 13.2 Å². The molecule has 0 aliphatic carbocycles. The number of rotatable bonds is 6. The second-order valence-corrected chi connectivity index (χ2v) is 8.26. The molecule has 0 unspecified atom stereocenters. The second kappa shape index (κ2) is 7.61. The zero-order valence-corrected chi connectivity index (χ0v) is 15.5. The minimum absolute atomic E-state index is 0.0653. The number of carbonyl (C=O) groups is 1. The Bertz CT molecular complexity index is 864. The van der Waals surface area contributed by atoms with Crippen LogP contribution in [0, 0.1) is 0 Å². The topological polar surface area (TPSA) is 97.4 Å². The molecule has 26 heavy (non-hydrogen) atoms. The highest BCUT2D eigenvalue weighted by Crippen LogP contribution is 2.22. The molecule has 1 aromatic carbocycles. The van der Waals surface area contributed by atoms with Crippen molar-refractivity contribution in [2.45, 2.75) is 36.9 Å². The summed E-state index contributed by atoms with van der Waals surface area (Å²) < 4.78 is 27.1. The third kappa shape index (κ3) is 3.67. The van der Waals surface area contributed by atoms with Crippen molar-refractivity contribution in [3.8, 4) is 0 Å². The quantitative estimate of drug-likeness (QED) is 0.776. The molecule has 1 saturated heterocycles. The van der Waals surface area contributed by atoms with E-state index in [1.165, 1.54) is 10.2 Å². The normalized spacial score (nSPS) is 21.0. The lowest BCUT2D eigenvalue weighted by molar-refractivity contribution is -0.125. The molecule has 140 valence electrons. The first-order valence-corrected chi connectivity index (χ1v) is 10.1. The zero-order chi connectivity index (χ0) is 18.7. The van der Waals surface area contributed by atoms with Gasteiger partial charge in [0.1, 0.15) is 0 Å². The molecule has 2 aromatic rings. The summed E-state index contributed by atoms with van der Waals surface area (Å²) in [7, 11) is -3.67. The molecular formula is C18H24N4O3S. The Morgan fingerprint density at radius 1 is 1.23 bits per heavy atom. The largest absolute Gasteiger partial charge is 0.355 e. The first-order chi connectivity index (χ1) is 12.4. The average molecular weight is 376 g/mol. The van der Waals surface area contributed by atoms with Crippen LogP contribution in [0.4, 0.5) is 0 Å². The van der Waals surface area contributed by atoms with Crippen molar-refractivity contribution in [3.63, 3.8) is 0 Å². The summed E-state index contributed by atoms with van der Waals surface area (Å²) in [6.07, 6.45) is 2.10. The highest BCUT2D eigenvalue weighted by Gasteiger charge is 2.35. The fourth-order valence-electron chi connectivity index (χ4n) is 3.35. The van der Waals surface area contributed by atoms with Gasteiger partial charge in [-0.25, -0.2) is 12.4 Å². The summed E-state index contributed by atoms with van der Waals surface area (Å²) in [5.41, 5.74) is 6.66. The van der Waals surface area contributed by atoms with E-state index in [0.717, 1.165) is 0 Å². The van der Waals surface area contributed by atoms with Crippen molar-refractivity contribution in [3.05, 3.63) is 54.4 Å². The molecule has 0 saturated carbocycles. The van der Waals surface area contributed by atoms with Gasteiger partial charge < -0.3 is 11.1 Å². The Kier molecular flexibility index (Phi) is 5.45. The van der Waals surface area contributed by atoms with Gasteiger partial charge in [0.15, 0.2) is 0 Å². The van der Waals surface area contributed by atoms with Gasteiger partial charge in [0.2, 0.25) is 5.91 Å². The molecule has 1 aliphatic heterocycles. The maximum Gasteiger partial charge on any atom is 0.267 e. The van der Waals surface area contributed by atoms with E-state index in [2.05, 4.69) is 5.32 Å². The maximum absolute atomic E-state index is 12.9. The number of hydrogen-bond acceptors (Lipinski definition) is 5. The summed E-state index contributed by atoms with van der Waals surface area (Å²) in [5, 5.41) is 2.83. The first-order valence-electron chi connectivity index (χ1n) is 8.67. The number of likely N-dealkylation sites (N-methyl/N-ethyl adjacent to an activating group) is 1. The van der Waals surface area contributed by atoms with Crippen molar-refractivity contribution in [1.82, 2.24) is 14.2 Å². The van der Waals surface area contributed by atoms with E-state index >= 15 is 0 Å². The molecule has 1 aromatic heterocycles. The highest BCUT2D eigenvalue weighted by molar-refractivity contribution is 7.90. The van der Waals surface area contributed by atoms with Crippen LogP contribution in [0.3, 0.4) is 0 Å². The molecule has 3 rings (SSSR count). The standard InChI is InChI=1S/C18H24N4O3S/c1-2-20-18(23)17-11-14(19)12-21(17)13-15-7-6-10-22(15)26(24,25)16-8-4-3-5-9-16/h3-10,14,17H,2,11-13,19H2,1H3,(H,20,23)/t14-,17+/m1/s1. The highest BCUT2D eigenvalue weighted by atomic mass is 32.2. The Morgan fingerprint density at radius 2 is 1.96 bits per heavy atom. The number of nitrogens with one attached hydrogen (secondary N) is 1. The van der Waals surface area contributed by atoms with Crippen LogP contribution in [0.25, 0.3) is 0 Å². The van der Waals surface area contributed by atoms with Crippen LogP contribution in [0.15, 0.2) is 53.6 Å². The van der Waals surface area contributed by atoms with Crippen LogP contribution in [0.1, 0.15) is 19.0 Å². The fraction of sp³-hybridized carbons (Fsp3) is 0.389. The molecule has 0 spiro atoms. The molecular weight excluding hydrogens is 352 g/mol. The minimum atomic E-state index is -3.67. The smallest absolute Gasteiger partial charge is 0.267 e. The van der Waals surface area contributed by atoms with Crippen molar-refractivity contribution in [2.24, 2.45) is 5.73 Å². The molecule has 2 heterocycles. The van der Waals surface area contributed by atoms with Crippen molar-refractivity contribution >= 4 is 15.9 Å². The number of benzene rings is 1. The van der Waals surface area contributed by atoms with E-state index < -0.39 is 10.0 Å². The van der Waals surface area contributed by atoms with Crippen LogP contribution >= 0.6 is 0 Å². The summed E-state index contributed by atoms with van der Waals surface area (Å²) in [5.74, 6) is -0.0653. The molecule has 0 radical (unpaired) electrons. The molecule has 0 bridgehead atoms. The van der Waals surface area contributed by atoms with E-state index in [1.807, 2.05) is 11.8 Å². The van der Waals surface area contributed by atoms with Crippen molar-refractivity contribution in [1.29, 1.82) is 0 Å². The summed E-state index contributed by atoms with van der Waals surface area (Å²) >= 11 is 0. The van der Waals surface area contributed by atoms with Crippen LogP contribution in [-0.2, 0) is 21.4 Å². The monoisotopic (exact) mass is 376 g/mol. The SMILES string of the molecule is CCNC(=O)[C@@H]1C[C@@H](N)CN1Cc1cccn1S(=O)(=O)c1ccccc1. The average Bonchev–Trinajstić information content (AvgIpc) is 3.23. The zero-order valence-electron chi connectivity index (χ0n) is 14.7. The number of likely N-dealkylation sites (tertiary alicyclic amines) is 1. The minimum Gasteiger partial charge on any atom is -0.355 e. The van der Waals surface area contributed by atoms with E-state index in [1.54, 1.807) is 42.5 Å². The molecule has 1 aliphatic rings. The van der Waals surface area contributed by atoms with Crippen LogP contribution in [0.5, 0.6) is 0 Å². The third-order valence-corrected chi connectivity index (χ3v) is 6.29. The summed E-state index contributed by atoms with van der Waals surface area (Å²) in [6, 6.07) is 11.3. The molecule has 2 atom stereocenters. The molecule has 3 N–H and O–H groups in total. The van der Waals surface area contributed by atoms with Gasteiger partial charge in [-0.3, -0.25) is 9.69 Å². The third-order valence-electron chi connectivity index (χ3n) is 4.55. The maximum atomic E-state index is 12.9. The molecule has 8 heteroatoms.